The number of rotatable bonds is 8. The highest BCUT2D eigenvalue weighted by atomic mass is 16.3. The van der Waals surface area contributed by atoms with Gasteiger partial charge in [-0.15, -0.1) is 0 Å². The van der Waals surface area contributed by atoms with Crippen LogP contribution in [0.15, 0.2) is 0 Å². The molecule has 0 amide bonds. The van der Waals surface area contributed by atoms with Crippen molar-refractivity contribution in [3.8, 4) is 0 Å². The van der Waals surface area contributed by atoms with Crippen LogP contribution in [0.5, 0.6) is 0 Å². The van der Waals surface area contributed by atoms with Crippen molar-refractivity contribution < 1.29 is 5.11 Å². The minimum atomic E-state index is -0.242. The molecule has 0 aromatic carbocycles. The van der Waals surface area contributed by atoms with Gasteiger partial charge in [0.15, 0.2) is 0 Å². The van der Waals surface area contributed by atoms with E-state index in [1.807, 2.05) is 20.9 Å². The van der Waals surface area contributed by atoms with Gasteiger partial charge in [0, 0.05) is 25.6 Å². The highest BCUT2D eigenvalue weighted by Crippen LogP contribution is 2.20. The number of nitrogens with zero attached hydrogens (tertiary/aromatic N) is 2. The molecule has 0 saturated carbocycles. The van der Waals surface area contributed by atoms with Gasteiger partial charge in [-0.1, -0.05) is 13.8 Å². The van der Waals surface area contributed by atoms with Gasteiger partial charge < -0.3 is 15.7 Å². The first kappa shape index (κ1) is 15.7. The average Bonchev–Trinajstić information content (AvgIpc) is 2.41. The number of nitrogens with one attached hydrogen (secondary N) is 2. The first-order valence-corrected chi connectivity index (χ1v) is 7.09. The summed E-state index contributed by atoms with van der Waals surface area (Å²) >= 11 is 0. The summed E-state index contributed by atoms with van der Waals surface area (Å²) in [7, 11) is 1.87. The van der Waals surface area contributed by atoms with Crippen LogP contribution in [0.2, 0.25) is 0 Å². The molecule has 0 saturated heterocycles. The van der Waals surface area contributed by atoms with E-state index in [2.05, 4.69) is 27.5 Å². The van der Waals surface area contributed by atoms with Crippen molar-refractivity contribution in [1.82, 2.24) is 9.97 Å². The van der Waals surface area contributed by atoms with E-state index in [-0.39, 0.29) is 6.10 Å². The summed E-state index contributed by atoms with van der Waals surface area (Å²) < 4.78 is 0. The lowest BCUT2D eigenvalue weighted by atomic mass is 10.2. The van der Waals surface area contributed by atoms with Crippen molar-refractivity contribution in [3.63, 3.8) is 0 Å². The molecule has 0 fully saturated rings. The molecule has 19 heavy (non-hydrogen) atoms. The van der Waals surface area contributed by atoms with E-state index in [1.165, 1.54) is 0 Å². The van der Waals surface area contributed by atoms with Crippen molar-refractivity contribution in [3.05, 3.63) is 11.4 Å². The quantitative estimate of drug-likeness (QED) is 0.674. The minimum absolute atomic E-state index is 0.242. The Labute approximate surface area is 115 Å². The Hall–Kier alpha value is -1.36. The Balaban J connectivity index is 2.77. The van der Waals surface area contributed by atoms with E-state index in [0.717, 1.165) is 55.3 Å². The van der Waals surface area contributed by atoms with Crippen molar-refractivity contribution >= 4 is 11.6 Å². The number of aliphatic hydroxyl groups excluding tert-OH is 1. The molecule has 1 aromatic rings. The number of aliphatic hydroxyl groups is 1. The number of hydrogen-bond donors (Lipinski definition) is 3. The number of anilines is 2. The Bertz CT molecular complexity index is 395. The maximum absolute atomic E-state index is 9.56. The Morgan fingerprint density at radius 2 is 1.89 bits per heavy atom. The molecule has 0 spiro atoms. The van der Waals surface area contributed by atoms with E-state index in [0.29, 0.717) is 0 Å². The molecule has 108 valence electrons. The molecule has 0 aliphatic heterocycles. The van der Waals surface area contributed by atoms with Gasteiger partial charge in [0.2, 0.25) is 0 Å². The second-order valence-electron chi connectivity index (χ2n) is 4.74. The van der Waals surface area contributed by atoms with Crippen molar-refractivity contribution in [2.45, 2.75) is 52.6 Å². The van der Waals surface area contributed by atoms with Gasteiger partial charge in [-0.25, -0.2) is 9.97 Å². The third-order valence-corrected chi connectivity index (χ3v) is 3.14. The van der Waals surface area contributed by atoms with Crippen LogP contribution in [0.3, 0.4) is 0 Å². The molecular formula is C14H26N4O. The minimum Gasteiger partial charge on any atom is -0.393 e. The molecule has 1 aromatic heterocycles. The number of aromatic nitrogens is 2. The summed E-state index contributed by atoms with van der Waals surface area (Å²) in [4.78, 5) is 9.04. The molecule has 1 atom stereocenters. The molecule has 5 nitrogen and oxygen atoms in total. The first-order valence-electron chi connectivity index (χ1n) is 7.09. The molecule has 0 bridgehead atoms. The third-order valence-electron chi connectivity index (χ3n) is 3.14. The van der Waals surface area contributed by atoms with Crippen molar-refractivity contribution in [2.75, 3.05) is 24.2 Å². The standard InChI is InChI=1S/C14H26N4O/c1-5-7-12-17-13(15-4)10(3)14(18-12)16-9-8-11(19)6-2/h11,19H,5-9H2,1-4H3,(H2,15,16,17,18). The van der Waals surface area contributed by atoms with E-state index in [9.17, 15) is 5.11 Å². The maximum atomic E-state index is 9.56. The number of hydrogen-bond acceptors (Lipinski definition) is 5. The van der Waals surface area contributed by atoms with Crippen LogP contribution in [0.25, 0.3) is 0 Å². The first-order chi connectivity index (χ1) is 9.12. The normalized spacial score (nSPS) is 12.3. The van der Waals surface area contributed by atoms with Crippen LogP contribution in [0.4, 0.5) is 11.6 Å². The zero-order valence-corrected chi connectivity index (χ0v) is 12.5. The SMILES string of the molecule is CCCc1nc(NC)c(C)c(NCCC(O)CC)n1. The van der Waals surface area contributed by atoms with Gasteiger partial charge in [-0.2, -0.15) is 0 Å². The van der Waals surface area contributed by atoms with Crippen LogP contribution in [0.1, 0.15) is 44.5 Å². The zero-order chi connectivity index (χ0) is 14.3. The van der Waals surface area contributed by atoms with Crippen LogP contribution < -0.4 is 10.6 Å². The predicted octanol–water partition coefficient (Wildman–Crippen LogP) is 2.35. The summed E-state index contributed by atoms with van der Waals surface area (Å²) in [6.07, 6.45) is 3.18. The van der Waals surface area contributed by atoms with E-state index >= 15 is 0 Å². The molecule has 1 unspecified atom stereocenters. The molecule has 0 aliphatic carbocycles. The monoisotopic (exact) mass is 266 g/mol. The highest BCUT2D eigenvalue weighted by Gasteiger charge is 2.10. The van der Waals surface area contributed by atoms with Gasteiger partial charge in [0.05, 0.1) is 6.10 Å². The van der Waals surface area contributed by atoms with Crippen LogP contribution in [0, 0.1) is 6.92 Å². The molecular weight excluding hydrogens is 240 g/mol. The van der Waals surface area contributed by atoms with E-state index in [4.69, 9.17) is 0 Å². The van der Waals surface area contributed by atoms with E-state index in [1.54, 1.807) is 0 Å². The summed E-state index contributed by atoms with van der Waals surface area (Å²) in [6.45, 7) is 6.83. The summed E-state index contributed by atoms with van der Waals surface area (Å²) in [5.41, 5.74) is 1.02. The summed E-state index contributed by atoms with van der Waals surface area (Å²) in [6, 6.07) is 0. The molecule has 3 N–H and O–H groups in total. The topological polar surface area (TPSA) is 70.1 Å². The van der Waals surface area contributed by atoms with Crippen molar-refractivity contribution in [2.24, 2.45) is 0 Å². The Kier molecular flexibility index (Phi) is 6.56. The molecule has 0 radical (unpaired) electrons. The lowest BCUT2D eigenvalue weighted by Crippen LogP contribution is -2.15. The maximum Gasteiger partial charge on any atom is 0.134 e. The van der Waals surface area contributed by atoms with Gasteiger partial charge >= 0.3 is 0 Å². The molecule has 5 heteroatoms. The second kappa shape index (κ2) is 7.94. The predicted molar refractivity (Wildman–Crippen MR) is 79.7 cm³/mol. The molecule has 0 aliphatic rings. The average molecular weight is 266 g/mol. The smallest absolute Gasteiger partial charge is 0.134 e. The van der Waals surface area contributed by atoms with Gasteiger partial charge in [-0.05, 0) is 26.2 Å². The Morgan fingerprint density at radius 3 is 2.47 bits per heavy atom. The lowest BCUT2D eigenvalue weighted by Gasteiger charge is -2.14. The summed E-state index contributed by atoms with van der Waals surface area (Å²) in [5, 5.41) is 16.0. The van der Waals surface area contributed by atoms with Gasteiger partial charge in [0.25, 0.3) is 0 Å². The van der Waals surface area contributed by atoms with E-state index < -0.39 is 0 Å². The number of aryl methyl sites for hydroxylation is 1. The lowest BCUT2D eigenvalue weighted by molar-refractivity contribution is 0.164. The van der Waals surface area contributed by atoms with Gasteiger partial charge in [0.1, 0.15) is 17.5 Å². The third kappa shape index (κ3) is 4.67. The second-order valence-corrected chi connectivity index (χ2v) is 4.74. The highest BCUT2D eigenvalue weighted by molar-refractivity contribution is 5.56. The fourth-order valence-electron chi connectivity index (χ4n) is 1.88. The largest absolute Gasteiger partial charge is 0.393 e. The fourth-order valence-corrected chi connectivity index (χ4v) is 1.88. The summed E-state index contributed by atoms with van der Waals surface area (Å²) in [5.74, 6) is 2.60. The molecule has 1 rings (SSSR count). The fraction of sp³-hybridized carbons (Fsp3) is 0.714. The van der Waals surface area contributed by atoms with Crippen LogP contribution in [-0.4, -0.2) is 34.8 Å². The Morgan fingerprint density at radius 1 is 1.21 bits per heavy atom. The zero-order valence-electron chi connectivity index (χ0n) is 12.5. The van der Waals surface area contributed by atoms with Crippen molar-refractivity contribution in [1.29, 1.82) is 0 Å². The van der Waals surface area contributed by atoms with Crippen LogP contribution >= 0.6 is 0 Å². The van der Waals surface area contributed by atoms with Gasteiger partial charge in [-0.3, -0.25) is 0 Å². The van der Waals surface area contributed by atoms with Crippen LogP contribution in [-0.2, 0) is 6.42 Å². The molecule has 1 heterocycles.